The van der Waals surface area contributed by atoms with Crippen LogP contribution in [0.25, 0.3) is 0 Å². The lowest BCUT2D eigenvalue weighted by atomic mass is 9.62. The Hall–Kier alpha value is -1.49. The number of hydrogen-bond donors (Lipinski definition) is 3. The molecule has 2 fully saturated rings. The fourth-order valence-corrected chi connectivity index (χ4v) is 5.89. The minimum Gasteiger partial charge on any atom is -0.393 e. The molecule has 0 bridgehead atoms. The zero-order valence-corrected chi connectivity index (χ0v) is 19.7. The summed E-state index contributed by atoms with van der Waals surface area (Å²) in [6, 6.07) is 0. The van der Waals surface area contributed by atoms with E-state index in [2.05, 4.69) is 38.7 Å². The molecule has 172 valence electrons. The monoisotopic (exact) mass is 428 g/mol. The summed E-state index contributed by atoms with van der Waals surface area (Å²) >= 11 is 0. The average Bonchev–Trinajstić information content (AvgIpc) is 3.04. The van der Waals surface area contributed by atoms with Crippen molar-refractivity contribution >= 4 is 5.78 Å². The number of fused-ring (bicyclic) bond motifs is 1. The molecule has 2 saturated carbocycles. The summed E-state index contributed by atoms with van der Waals surface area (Å²) < 4.78 is 0. The van der Waals surface area contributed by atoms with Gasteiger partial charge in [0.2, 0.25) is 0 Å². The molecule has 0 aromatic carbocycles. The van der Waals surface area contributed by atoms with Crippen molar-refractivity contribution in [3.63, 3.8) is 0 Å². The number of carbonyl (C=O) groups is 1. The maximum Gasteiger partial charge on any atom is 0.163 e. The first-order valence-electron chi connectivity index (χ1n) is 11.8. The van der Waals surface area contributed by atoms with Gasteiger partial charge in [-0.25, -0.2) is 0 Å². The van der Waals surface area contributed by atoms with Crippen LogP contribution in [0.4, 0.5) is 0 Å². The van der Waals surface area contributed by atoms with Crippen molar-refractivity contribution in [1.29, 1.82) is 0 Å². The van der Waals surface area contributed by atoms with E-state index in [1.165, 1.54) is 11.1 Å². The second-order valence-corrected chi connectivity index (χ2v) is 10.7. The molecule has 0 unspecified atom stereocenters. The smallest absolute Gasteiger partial charge is 0.163 e. The third kappa shape index (κ3) is 5.13. The summed E-state index contributed by atoms with van der Waals surface area (Å²) in [6.45, 7) is 11.7. The fourth-order valence-electron chi connectivity index (χ4n) is 5.89. The largest absolute Gasteiger partial charge is 0.393 e. The summed E-state index contributed by atoms with van der Waals surface area (Å²) in [6.07, 6.45) is 12.0. The summed E-state index contributed by atoms with van der Waals surface area (Å²) in [5, 5.41) is 30.1. The lowest BCUT2D eigenvalue weighted by molar-refractivity contribution is -0.134. The molecule has 0 radical (unpaired) electrons. The molecule has 5 atom stereocenters. The van der Waals surface area contributed by atoms with Crippen LogP contribution in [0.1, 0.15) is 79.1 Å². The predicted molar refractivity (Wildman–Crippen MR) is 124 cm³/mol. The number of allylic oxidation sites excluding steroid dienone is 5. The van der Waals surface area contributed by atoms with E-state index in [1.807, 2.05) is 0 Å². The topological polar surface area (TPSA) is 77.8 Å². The Balaban J connectivity index is 1.73. The van der Waals surface area contributed by atoms with Gasteiger partial charge in [0, 0.05) is 12.8 Å². The first-order chi connectivity index (χ1) is 14.4. The molecule has 0 aromatic heterocycles. The van der Waals surface area contributed by atoms with E-state index in [9.17, 15) is 20.1 Å². The lowest BCUT2D eigenvalue weighted by Gasteiger charge is -2.42. The molecule has 3 aliphatic rings. The third-order valence-corrected chi connectivity index (χ3v) is 7.89. The van der Waals surface area contributed by atoms with Crippen LogP contribution in [-0.4, -0.2) is 38.9 Å². The summed E-state index contributed by atoms with van der Waals surface area (Å²) in [7, 11) is 0. The van der Waals surface area contributed by atoms with Gasteiger partial charge in [-0.05, 0) is 80.8 Å². The molecule has 0 amide bonds. The Morgan fingerprint density at radius 2 is 2.06 bits per heavy atom. The van der Waals surface area contributed by atoms with Gasteiger partial charge in [0.15, 0.2) is 5.78 Å². The average molecular weight is 429 g/mol. The van der Waals surface area contributed by atoms with Crippen LogP contribution in [0.3, 0.4) is 0 Å². The molecule has 3 N–H and O–H groups in total. The van der Waals surface area contributed by atoms with Crippen molar-refractivity contribution in [2.45, 2.75) is 96.9 Å². The van der Waals surface area contributed by atoms with Crippen LogP contribution >= 0.6 is 0 Å². The standard InChI is InChI=1S/C27H40O4/c1-17(8-13-25(30)26(3,4)31)22-11-12-23-19(7-6-14-27(22,23)5)9-10-20-15-21(28)16-24(29)18(20)2/h9-11,17,21,23-24,28-29,31H,2,6-8,12-16H2,1,3-5H3/b19-9-,20-10-/t17-,21-,23+,24+,27-/m1/s1. The maximum atomic E-state index is 12.2. The van der Waals surface area contributed by atoms with Gasteiger partial charge in [-0.3, -0.25) is 4.79 Å². The number of aliphatic hydroxyl groups is 3. The molecule has 0 spiro atoms. The summed E-state index contributed by atoms with van der Waals surface area (Å²) in [4.78, 5) is 12.2. The van der Waals surface area contributed by atoms with Crippen LogP contribution in [0, 0.1) is 17.3 Å². The number of rotatable bonds is 6. The highest BCUT2D eigenvalue weighted by atomic mass is 16.3. The Morgan fingerprint density at radius 3 is 2.74 bits per heavy atom. The van der Waals surface area contributed by atoms with E-state index >= 15 is 0 Å². The Bertz CT molecular complexity index is 810. The molecular formula is C27H40O4. The van der Waals surface area contributed by atoms with E-state index in [-0.39, 0.29) is 11.2 Å². The number of aliphatic hydroxyl groups excluding tert-OH is 2. The van der Waals surface area contributed by atoms with Crippen molar-refractivity contribution in [2.24, 2.45) is 17.3 Å². The van der Waals surface area contributed by atoms with Gasteiger partial charge >= 0.3 is 0 Å². The van der Waals surface area contributed by atoms with Crippen molar-refractivity contribution in [2.75, 3.05) is 0 Å². The van der Waals surface area contributed by atoms with Crippen molar-refractivity contribution in [3.05, 3.63) is 47.1 Å². The highest BCUT2D eigenvalue weighted by Gasteiger charge is 2.46. The molecule has 4 heteroatoms. The quantitative estimate of drug-likeness (QED) is 0.531. The van der Waals surface area contributed by atoms with Crippen LogP contribution in [0.2, 0.25) is 0 Å². The fraction of sp³-hybridized carbons (Fsp3) is 0.667. The summed E-state index contributed by atoms with van der Waals surface area (Å²) in [5.41, 5.74) is 3.45. The first kappa shape index (κ1) is 24.2. The van der Waals surface area contributed by atoms with Gasteiger partial charge in [-0.15, -0.1) is 0 Å². The molecule has 0 aliphatic heterocycles. The third-order valence-electron chi connectivity index (χ3n) is 7.89. The number of Topliss-reactive ketones (excluding diaryl/α,β-unsaturated/α-hetero) is 1. The van der Waals surface area contributed by atoms with E-state index in [1.54, 1.807) is 13.8 Å². The SMILES string of the molecule is C=C1/C(=C\C=C2\CCC[C@]3(C)C([C@H](C)CCC(=O)C(C)(C)O)=CC[C@@H]23)C[C@@H](O)C[C@@H]1O. The normalized spacial score (nSPS) is 35.3. The van der Waals surface area contributed by atoms with E-state index < -0.39 is 17.8 Å². The minimum atomic E-state index is -1.26. The van der Waals surface area contributed by atoms with Gasteiger partial charge in [0.25, 0.3) is 0 Å². The van der Waals surface area contributed by atoms with E-state index in [0.29, 0.717) is 31.1 Å². The second-order valence-electron chi connectivity index (χ2n) is 10.7. The molecule has 31 heavy (non-hydrogen) atoms. The minimum absolute atomic E-state index is 0.0902. The molecule has 4 nitrogen and oxygen atoms in total. The highest BCUT2D eigenvalue weighted by Crippen LogP contribution is 2.57. The van der Waals surface area contributed by atoms with Crippen molar-refractivity contribution < 1.29 is 20.1 Å². The predicted octanol–water partition coefficient (Wildman–Crippen LogP) is 4.80. The van der Waals surface area contributed by atoms with Crippen LogP contribution < -0.4 is 0 Å². The molecule has 0 heterocycles. The highest BCUT2D eigenvalue weighted by molar-refractivity contribution is 5.86. The Labute approximate surface area is 187 Å². The van der Waals surface area contributed by atoms with E-state index in [4.69, 9.17) is 0 Å². The molecule has 3 rings (SSSR count). The van der Waals surface area contributed by atoms with Gasteiger partial charge in [-0.2, -0.15) is 0 Å². The van der Waals surface area contributed by atoms with Gasteiger partial charge in [0.05, 0.1) is 12.2 Å². The molecular weight excluding hydrogens is 388 g/mol. The van der Waals surface area contributed by atoms with Crippen LogP contribution in [0.15, 0.2) is 47.1 Å². The Kier molecular flexibility index (Phi) is 7.15. The summed E-state index contributed by atoms with van der Waals surface area (Å²) in [5.74, 6) is 0.697. The molecule has 0 aromatic rings. The lowest BCUT2D eigenvalue weighted by Crippen LogP contribution is -2.34. The van der Waals surface area contributed by atoms with Crippen molar-refractivity contribution in [1.82, 2.24) is 0 Å². The van der Waals surface area contributed by atoms with E-state index in [0.717, 1.165) is 43.3 Å². The number of carbonyl (C=O) groups excluding carboxylic acids is 1. The maximum absolute atomic E-state index is 12.2. The zero-order valence-electron chi connectivity index (χ0n) is 19.7. The first-order valence-corrected chi connectivity index (χ1v) is 11.8. The van der Waals surface area contributed by atoms with Crippen LogP contribution in [0.5, 0.6) is 0 Å². The number of ketones is 1. The molecule has 0 saturated heterocycles. The van der Waals surface area contributed by atoms with Crippen molar-refractivity contribution in [3.8, 4) is 0 Å². The second kappa shape index (κ2) is 9.17. The zero-order chi connectivity index (χ0) is 23.0. The van der Waals surface area contributed by atoms with Gasteiger partial charge < -0.3 is 15.3 Å². The van der Waals surface area contributed by atoms with Gasteiger partial charge in [0.1, 0.15) is 5.60 Å². The Morgan fingerprint density at radius 1 is 1.35 bits per heavy atom. The van der Waals surface area contributed by atoms with Gasteiger partial charge in [-0.1, -0.05) is 49.8 Å². The molecule has 3 aliphatic carbocycles. The van der Waals surface area contributed by atoms with Crippen LogP contribution in [-0.2, 0) is 4.79 Å². The number of hydrogen-bond acceptors (Lipinski definition) is 4.